The molecule has 0 bridgehead atoms. The van der Waals surface area contributed by atoms with Crippen molar-refractivity contribution in [3.63, 3.8) is 0 Å². The SMILES string of the molecule is c1ccc(-c2ccc(-c3cccc(-c4ccc5c6cc7c(cc6n(-c6ccccc6)c5c4)c4ccc(-c5cccc(-c6ccc(-c8ccccc8)cc6)n5)cc4n7-c4ccccc4)n3)cc2)cc1. The summed E-state index contributed by atoms with van der Waals surface area (Å²) in [5.74, 6) is 0. The van der Waals surface area contributed by atoms with Crippen LogP contribution in [0, 0.1) is 0 Å². The lowest BCUT2D eigenvalue weighted by Crippen LogP contribution is -1.95. The van der Waals surface area contributed by atoms with E-state index in [4.69, 9.17) is 9.97 Å². The Morgan fingerprint density at radius 1 is 0.206 bits per heavy atom. The number of pyridine rings is 2. The maximum atomic E-state index is 5.24. The molecule has 0 fully saturated rings. The average molecular weight is 867 g/mol. The van der Waals surface area contributed by atoms with Crippen LogP contribution in [0.2, 0.25) is 0 Å². The Morgan fingerprint density at radius 3 is 0.882 bits per heavy atom. The Balaban J connectivity index is 0.940. The van der Waals surface area contributed by atoms with Crippen LogP contribution in [0.1, 0.15) is 0 Å². The first-order valence-electron chi connectivity index (χ1n) is 23.1. The smallest absolute Gasteiger partial charge is 0.0710 e. The van der Waals surface area contributed by atoms with Crippen molar-refractivity contribution in [3.05, 3.63) is 255 Å². The molecule has 0 saturated carbocycles. The van der Waals surface area contributed by atoms with Crippen molar-refractivity contribution < 1.29 is 0 Å². The Morgan fingerprint density at radius 2 is 0.500 bits per heavy atom. The number of para-hydroxylation sites is 2. The van der Waals surface area contributed by atoms with Crippen LogP contribution < -0.4 is 0 Å². The second-order valence-corrected chi connectivity index (χ2v) is 17.4. The lowest BCUT2D eigenvalue weighted by atomic mass is 10.0. The van der Waals surface area contributed by atoms with Crippen LogP contribution in [0.25, 0.3) is 122 Å². The normalized spacial score (nSPS) is 11.5. The van der Waals surface area contributed by atoms with Crippen molar-refractivity contribution in [1.29, 1.82) is 0 Å². The van der Waals surface area contributed by atoms with Gasteiger partial charge >= 0.3 is 0 Å². The van der Waals surface area contributed by atoms with Crippen molar-refractivity contribution >= 4 is 43.6 Å². The van der Waals surface area contributed by atoms with Gasteiger partial charge in [-0.3, -0.25) is 0 Å². The van der Waals surface area contributed by atoms with E-state index in [0.29, 0.717) is 0 Å². The number of benzene rings is 9. The van der Waals surface area contributed by atoms with Crippen molar-refractivity contribution in [2.45, 2.75) is 0 Å². The number of hydrogen-bond acceptors (Lipinski definition) is 2. The molecule has 4 aromatic heterocycles. The maximum absolute atomic E-state index is 5.24. The fourth-order valence-corrected chi connectivity index (χ4v) is 10.00. The minimum atomic E-state index is 0.935. The molecule has 0 unspecified atom stereocenters. The van der Waals surface area contributed by atoms with Crippen molar-refractivity contribution in [1.82, 2.24) is 19.1 Å². The molecule has 0 atom stereocenters. The van der Waals surface area contributed by atoms with Crippen LogP contribution in [0.3, 0.4) is 0 Å². The van der Waals surface area contributed by atoms with E-state index < -0.39 is 0 Å². The third kappa shape index (κ3) is 6.86. The van der Waals surface area contributed by atoms with Crippen LogP contribution in [0.5, 0.6) is 0 Å². The summed E-state index contributed by atoms with van der Waals surface area (Å²) in [4.78, 5) is 10.5. The summed E-state index contributed by atoms with van der Waals surface area (Å²) in [6.45, 7) is 0. The Kier molecular flexibility index (Phi) is 9.47. The molecular weight excluding hydrogens is 825 g/mol. The number of hydrogen-bond donors (Lipinski definition) is 0. The zero-order valence-corrected chi connectivity index (χ0v) is 37.0. The molecule has 0 amide bonds. The van der Waals surface area contributed by atoms with Gasteiger partial charge in [-0.2, -0.15) is 0 Å². The second-order valence-electron chi connectivity index (χ2n) is 17.4. The van der Waals surface area contributed by atoms with Crippen LogP contribution in [0.15, 0.2) is 255 Å². The molecule has 4 heteroatoms. The molecule has 0 aliphatic rings. The Labute approximate surface area is 394 Å². The summed E-state index contributed by atoms with van der Waals surface area (Å²) < 4.78 is 4.84. The van der Waals surface area contributed by atoms with E-state index in [0.717, 1.165) is 78.5 Å². The molecule has 0 radical (unpaired) electrons. The van der Waals surface area contributed by atoms with E-state index in [1.54, 1.807) is 0 Å². The zero-order valence-electron chi connectivity index (χ0n) is 37.0. The van der Waals surface area contributed by atoms with Gasteiger partial charge in [0.1, 0.15) is 0 Å². The van der Waals surface area contributed by atoms with Crippen LogP contribution >= 0.6 is 0 Å². The van der Waals surface area contributed by atoms with Crippen LogP contribution in [0.4, 0.5) is 0 Å². The first-order chi connectivity index (χ1) is 33.7. The highest BCUT2D eigenvalue weighted by atomic mass is 15.0. The summed E-state index contributed by atoms with van der Waals surface area (Å²) in [6, 6.07) is 90.9. The molecule has 0 aliphatic carbocycles. The van der Waals surface area contributed by atoms with E-state index in [1.165, 1.54) is 43.8 Å². The van der Waals surface area contributed by atoms with Crippen molar-refractivity contribution in [2.75, 3.05) is 0 Å². The Bertz CT molecular complexity index is 3700. The summed E-state index contributed by atoms with van der Waals surface area (Å²) >= 11 is 0. The van der Waals surface area contributed by atoms with Gasteiger partial charge in [-0.25, -0.2) is 9.97 Å². The standard InChI is InChI=1S/C64H42N4/c1-5-15-43(16-6-1)45-27-31-47(32-28-45)57-23-13-25-59(65-57)49-35-37-53-55-41-64-56(42-63(55)67(61(53)39-49)51-19-9-3-10-20-51)54-38-36-50(40-62(54)68(64)52-21-11-4-12-22-52)60-26-14-24-58(66-60)48-33-29-46(30-34-48)44-17-7-2-8-18-44/h1-42H. The first kappa shape index (κ1) is 39.3. The minimum absolute atomic E-state index is 0.935. The lowest BCUT2D eigenvalue weighted by molar-refractivity contribution is 1.17. The van der Waals surface area contributed by atoms with Gasteiger partial charge in [0.05, 0.1) is 44.8 Å². The molecule has 13 rings (SSSR count). The van der Waals surface area contributed by atoms with Gasteiger partial charge in [-0.05, 0) is 95.1 Å². The van der Waals surface area contributed by atoms with Crippen LogP contribution in [-0.2, 0) is 0 Å². The molecule has 0 spiro atoms. The fraction of sp³-hybridized carbons (Fsp3) is 0. The van der Waals surface area contributed by atoms with Gasteiger partial charge in [0.15, 0.2) is 0 Å². The third-order valence-electron chi connectivity index (χ3n) is 13.3. The molecule has 68 heavy (non-hydrogen) atoms. The van der Waals surface area contributed by atoms with E-state index in [2.05, 4.69) is 264 Å². The molecule has 318 valence electrons. The maximum Gasteiger partial charge on any atom is 0.0710 e. The topological polar surface area (TPSA) is 35.6 Å². The monoisotopic (exact) mass is 866 g/mol. The van der Waals surface area contributed by atoms with Gasteiger partial charge in [-0.1, -0.05) is 182 Å². The largest absolute Gasteiger partial charge is 0.309 e. The molecule has 0 aliphatic heterocycles. The predicted molar refractivity (Wildman–Crippen MR) is 283 cm³/mol. The van der Waals surface area contributed by atoms with E-state index in [-0.39, 0.29) is 0 Å². The van der Waals surface area contributed by atoms with Gasteiger partial charge in [0.25, 0.3) is 0 Å². The van der Waals surface area contributed by atoms with Gasteiger partial charge in [0, 0.05) is 55.2 Å². The molecule has 9 aromatic carbocycles. The van der Waals surface area contributed by atoms with E-state index in [9.17, 15) is 0 Å². The van der Waals surface area contributed by atoms with Crippen LogP contribution in [-0.4, -0.2) is 19.1 Å². The molecular formula is C64H42N4. The summed E-state index contributed by atoms with van der Waals surface area (Å²) in [7, 11) is 0. The van der Waals surface area contributed by atoms with E-state index >= 15 is 0 Å². The molecule has 4 nitrogen and oxygen atoms in total. The molecule has 0 N–H and O–H groups in total. The minimum Gasteiger partial charge on any atom is -0.309 e. The lowest BCUT2D eigenvalue weighted by Gasteiger charge is -2.10. The highest BCUT2D eigenvalue weighted by Gasteiger charge is 2.20. The number of nitrogens with zero attached hydrogens (tertiary/aromatic N) is 4. The van der Waals surface area contributed by atoms with Gasteiger partial charge < -0.3 is 9.13 Å². The summed E-state index contributed by atoms with van der Waals surface area (Å²) in [5.41, 5.74) is 19.7. The highest BCUT2D eigenvalue weighted by Crippen LogP contribution is 2.42. The van der Waals surface area contributed by atoms with Gasteiger partial charge in [0.2, 0.25) is 0 Å². The van der Waals surface area contributed by atoms with Gasteiger partial charge in [-0.15, -0.1) is 0 Å². The number of rotatable bonds is 8. The summed E-state index contributed by atoms with van der Waals surface area (Å²) in [5, 5.41) is 4.75. The zero-order chi connectivity index (χ0) is 45.0. The van der Waals surface area contributed by atoms with Crippen molar-refractivity contribution in [3.8, 4) is 78.7 Å². The third-order valence-corrected chi connectivity index (χ3v) is 13.3. The van der Waals surface area contributed by atoms with E-state index in [1.807, 2.05) is 0 Å². The quantitative estimate of drug-likeness (QED) is 0.153. The highest BCUT2D eigenvalue weighted by molar-refractivity contribution is 6.19. The predicted octanol–water partition coefficient (Wildman–Crippen LogP) is 16.7. The summed E-state index contributed by atoms with van der Waals surface area (Å²) in [6.07, 6.45) is 0. The molecule has 4 heterocycles. The fourth-order valence-electron chi connectivity index (χ4n) is 10.00. The average Bonchev–Trinajstić information content (AvgIpc) is 3.92. The molecule has 0 saturated heterocycles. The molecule has 13 aromatic rings. The number of fused-ring (bicyclic) bond motifs is 6. The number of aromatic nitrogens is 4. The first-order valence-corrected chi connectivity index (χ1v) is 23.1. The second kappa shape index (κ2) is 16.4. The Hall–Kier alpha value is -9.12. The van der Waals surface area contributed by atoms with Crippen molar-refractivity contribution in [2.24, 2.45) is 0 Å².